The summed E-state index contributed by atoms with van der Waals surface area (Å²) in [4.78, 5) is 40.5. The smallest absolute Gasteiger partial charge is 0.267 e. The van der Waals surface area contributed by atoms with Crippen molar-refractivity contribution in [1.82, 2.24) is 20.4 Å². The third-order valence-corrected chi connectivity index (χ3v) is 6.92. The normalized spacial score (nSPS) is 18.7. The van der Waals surface area contributed by atoms with Crippen molar-refractivity contribution in [2.45, 2.75) is 25.7 Å². The number of benzene rings is 1. The van der Waals surface area contributed by atoms with E-state index in [1.165, 1.54) is 11.1 Å². The Bertz CT molecular complexity index is 1100. The van der Waals surface area contributed by atoms with Gasteiger partial charge in [-0.1, -0.05) is 30.3 Å². The molecule has 1 aliphatic rings. The number of nitrogens with zero attached hydrogens (tertiary/aromatic N) is 1. The number of aromatic amines is 2. The number of H-pyrrole nitrogens is 2. The Kier molecular flexibility index (Phi) is 6.08. The van der Waals surface area contributed by atoms with Crippen LogP contribution in [0.5, 0.6) is 0 Å². The fraction of sp³-hybridized carbons (Fsp3) is 0.348. The van der Waals surface area contributed by atoms with E-state index in [4.69, 9.17) is 0 Å². The van der Waals surface area contributed by atoms with E-state index in [0.717, 1.165) is 17.5 Å². The maximum atomic E-state index is 13.0. The van der Waals surface area contributed by atoms with Gasteiger partial charge in [-0.05, 0) is 41.8 Å². The quantitative estimate of drug-likeness (QED) is 0.552. The third kappa shape index (κ3) is 4.49. The summed E-state index contributed by atoms with van der Waals surface area (Å²) in [6.45, 7) is 0.942. The van der Waals surface area contributed by atoms with Crippen LogP contribution in [-0.4, -0.2) is 47.0 Å². The molecule has 0 radical (unpaired) electrons. The minimum atomic E-state index is -0.683. The maximum Gasteiger partial charge on any atom is 0.267 e. The van der Waals surface area contributed by atoms with Crippen molar-refractivity contribution in [3.63, 3.8) is 0 Å². The number of hydrogen-bond acceptors (Lipinski definition) is 4. The number of piperidine rings is 1. The van der Waals surface area contributed by atoms with Crippen LogP contribution in [-0.2, 0) is 22.4 Å². The zero-order valence-corrected chi connectivity index (χ0v) is 18.3. The lowest BCUT2D eigenvalue weighted by atomic mass is 9.74. The highest BCUT2D eigenvalue weighted by molar-refractivity contribution is 7.13. The van der Waals surface area contributed by atoms with Gasteiger partial charge >= 0.3 is 0 Å². The molecule has 1 saturated heterocycles. The number of nitrogens with one attached hydrogen (secondary N) is 3. The molecule has 2 amide bonds. The second-order valence-corrected chi connectivity index (χ2v) is 9.02. The van der Waals surface area contributed by atoms with Gasteiger partial charge < -0.3 is 15.3 Å². The van der Waals surface area contributed by atoms with Crippen LogP contribution in [0.4, 0.5) is 0 Å². The Morgan fingerprint density at radius 1 is 1.23 bits per heavy atom. The van der Waals surface area contributed by atoms with Gasteiger partial charge in [0, 0.05) is 36.8 Å². The summed E-state index contributed by atoms with van der Waals surface area (Å²) < 4.78 is 0. The van der Waals surface area contributed by atoms with E-state index in [1.807, 2.05) is 6.07 Å². The summed E-state index contributed by atoms with van der Waals surface area (Å²) in [5, 5.41) is 9.94. The summed E-state index contributed by atoms with van der Waals surface area (Å²) in [5.41, 5.74) is 1.67. The summed E-state index contributed by atoms with van der Waals surface area (Å²) in [6.07, 6.45) is 3.57. The van der Waals surface area contributed by atoms with Crippen molar-refractivity contribution in [2.75, 3.05) is 20.1 Å². The highest BCUT2D eigenvalue weighted by atomic mass is 32.1. The van der Waals surface area contributed by atoms with E-state index in [9.17, 15) is 14.4 Å². The molecule has 4 rings (SSSR count). The lowest BCUT2D eigenvalue weighted by Gasteiger charge is -2.41. The van der Waals surface area contributed by atoms with E-state index in [1.54, 1.807) is 23.3 Å². The average Bonchev–Trinajstić information content (AvgIpc) is 3.46. The highest BCUT2D eigenvalue weighted by Crippen LogP contribution is 2.35. The number of carbonyl (C=O) groups is 2. The number of aromatic nitrogens is 2. The molecule has 3 aromatic rings. The Morgan fingerprint density at radius 2 is 2.03 bits per heavy atom. The second kappa shape index (κ2) is 8.93. The molecule has 0 aliphatic carbocycles. The molecule has 3 heterocycles. The first-order chi connectivity index (χ1) is 15.0. The van der Waals surface area contributed by atoms with Gasteiger partial charge in [-0.3, -0.25) is 19.5 Å². The third-order valence-electron chi connectivity index (χ3n) is 6.01. The molecule has 1 aromatic carbocycles. The molecule has 0 saturated carbocycles. The van der Waals surface area contributed by atoms with Crippen LogP contribution in [0.25, 0.3) is 10.4 Å². The molecule has 31 heavy (non-hydrogen) atoms. The van der Waals surface area contributed by atoms with Gasteiger partial charge in [-0.25, -0.2) is 0 Å². The fourth-order valence-corrected chi connectivity index (χ4v) is 5.11. The van der Waals surface area contributed by atoms with Crippen molar-refractivity contribution >= 4 is 23.2 Å². The average molecular weight is 439 g/mol. The summed E-state index contributed by atoms with van der Waals surface area (Å²) in [6, 6.07) is 12.4. The Balaban J connectivity index is 1.53. The van der Waals surface area contributed by atoms with Crippen LogP contribution in [0.15, 0.2) is 52.8 Å². The Morgan fingerprint density at radius 3 is 2.68 bits per heavy atom. The molecule has 1 fully saturated rings. The van der Waals surface area contributed by atoms with Crippen LogP contribution in [0.1, 0.15) is 24.0 Å². The van der Waals surface area contributed by atoms with E-state index >= 15 is 0 Å². The van der Waals surface area contributed by atoms with E-state index in [2.05, 4.69) is 51.2 Å². The second-order valence-electron chi connectivity index (χ2n) is 8.07. The molecule has 1 aliphatic heterocycles. The topological polar surface area (TPSA) is 98.1 Å². The number of carbonyl (C=O) groups excluding carboxylic acids is 2. The number of amides is 2. The van der Waals surface area contributed by atoms with Crippen molar-refractivity contribution in [3.8, 4) is 10.4 Å². The number of likely N-dealkylation sites (tertiary alicyclic amines) is 1. The van der Waals surface area contributed by atoms with Gasteiger partial charge in [0.15, 0.2) is 0 Å². The van der Waals surface area contributed by atoms with Crippen molar-refractivity contribution in [3.05, 3.63) is 69.5 Å². The fourth-order valence-electron chi connectivity index (χ4n) is 4.38. The lowest BCUT2D eigenvalue weighted by Crippen LogP contribution is -2.54. The van der Waals surface area contributed by atoms with Crippen LogP contribution in [0, 0.1) is 5.41 Å². The SMILES string of the molecule is CNC(=O)C1(Cc2ccc(-c3cccs3)cc2)CCCN(C(=O)Cc2c[nH][nH]c2=O)C1. The van der Waals surface area contributed by atoms with Crippen molar-refractivity contribution in [1.29, 1.82) is 0 Å². The first-order valence-electron chi connectivity index (χ1n) is 10.4. The van der Waals surface area contributed by atoms with E-state index in [0.29, 0.717) is 31.5 Å². The highest BCUT2D eigenvalue weighted by Gasteiger charge is 2.43. The molecule has 7 nitrogen and oxygen atoms in total. The summed E-state index contributed by atoms with van der Waals surface area (Å²) in [5.74, 6) is -0.182. The molecule has 162 valence electrons. The van der Waals surface area contributed by atoms with E-state index in [-0.39, 0.29) is 23.8 Å². The monoisotopic (exact) mass is 438 g/mol. The van der Waals surface area contributed by atoms with Gasteiger partial charge in [0.05, 0.1) is 11.8 Å². The number of hydrogen-bond donors (Lipinski definition) is 3. The van der Waals surface area contributed by atoms with Gasteiger partial charge in [-0.2, -0.15) is 0 Å². The van der Waals surface area contributed by atoms with Crippen molar-refractivity contribution in [2.24, 2.45) is 5.41 Å². The zero-order valence-electron chi connectivity index (χ0n) is 17.4. The first kappa shape index (κ1) is 21.1. The summed E-state index contributed by atoms with van der Waals surface area (Å²) >= 11 is 1.70. The minimum absolute atomic E-state index is 0.0260. The van der Waals surface area contributed by atoms with Crippen LogP contribution < -0.4 is 10.9 Å². The summed E-state index contributed by atoms with van der Waals surface area (Å²) in [7, 11) is 1.64. The standard InChI is InChI=1S/C23H26N4O3S/c1-24-22(30)23(13-16-5-7-17(8-6-16)19-4-2-11-31-19)9-3-10-27(15-23)20(28)12-18-14-25-26-21(18)29/h2,4-8,11,14H,3,9-10,12-13,15H2,1H3,(H,24,30)(H2,25,26,29). The van der Waals surface area contributed by atoms with Crippen LogP contribution >= 0.6 is 11.3 Å². The number of rotatable bonds is 6. The van der Waals surface area contributed by atoms with Gasteiger partial charge in [0.2, 0.25) is 11.8 Å². The van der Waals surface area contributed by atoms with Gasteiger partial charge in [0.25, 0.3) is 5.56 Å². The molecule has 3 N–H and O–H groups in total. The molecular weight excluding hydrogens is 412 g/mol. The molecular formula is C23H26N4O3S. The Hall–Kier alpha value is -3.13. The van der Waals surface area contributed by atoms with Crippen LogP contribution in [0.3, 0.4) is 0 Å². The Labute approximate surface area is 184 Å². The van der Waals surface area contributed by atoms with Gasteiger partial charge in [0.1, 0.15) is 0 Å². The van der Waals surface area contributed by atoms with E-state index < -0.39 is 5.41 Å². The first-order valence-corrected chi connectivity index (χ1v) is 11.3. The minimum Gasteiger partial charge on any atom is -0.359 e. The van der Waals surface area contributed by atoms with Crippen LogP contribution in [0.2, 0.25) is 0 Å². The van der Waals surface area contributed by atoms with Crippen molar-refractivity contribution < 1.29 is 9.59 Å². The molecule has 2 aromatic heterocycles. The largest absolute Gasteiger partial charge is 0.359 e. The zero-order chi connectivity index (χ0) is 21.8. The predicted octanol–water partition coefficient (Wildman–Crippen LogP) is 2.57. The molecule has 1 unspecified atom stereocenters. The lowest BCUT2D eigenvalue weighted by molar-refractivity contribution is -0.141. The number of thiophene rings is 1. The molecule has 0 spiro atoms. The maximum absolute atomic E-state index is 13.0. The van der Waals surface area contributed by atoms with Gasteiger partial charge in [-0.15, -0.1) is 11.3 Å². The molecule has 0 bridgehead atoms. The molecule has 1 atom stereocenters. The molecule has 8 heteroatoms. The predicted molar refractivity (Wildman–Crippen MR) is 121 cm³/mol.